The van der Waals surface area contributed by atoms with E-state index in [-0.39, 0.29) is 32.2 Å². The lowest BCUT2D eigenvalue weighted by molar-refractivity contribution is -0.116. The van der Waals surface area contributed by atoms with Gasteiger partial charge in [-0.3, -0.25) is 4.79 Å². The first-order valence-corrected chi connectivity index (χ1v) is 11.9. The second-order valence-electron chi connectivity index (χ2n) is 7.01. The number of halogens is 4. The Labute approximate surface area is 200 Å². The summed E-state index contributed by atoms with van der Waals surface area (Å²) >= 11 is 18.0. The van der Waals surface area contributed by atoms with Crippen molar-refractivity contribution in [3.63, 3.8) is 0 Å². The van der Waals surface area contributed by atoms with Crippen LogP contribution in [0.15, 0.2) is 65.6 Å². The van der Waals surface area contributed by atoms with Crippen LogP contribution in [-0.4, -0.2) is 25.2 Å². The molecule has 10 heteroatoms. The third-order valence-electron chi connectivity index (χ3n) is 4.53. The van der Waals surface area contributed by atoms with Crippen molar-refractivity contribution in [2.24, 2.45) is 0 Å². The number of nitrogens with zero attached hydrogens (tertiary/aromatic N) is 1. The van der Waals surface area contributed by atoms with Crippen molar-refractivity contribution in [1.82, 2.24) is 4.31 Å². The molecule has 0 fully saturated rings. The monoisotopic (exact) mass is 514 g/mol. The molecule has 3 aromatic carbocycles. The lowest BCUT2D eigenvalue weighted by atomic mass is 10.2. The number of rotatable bonds is 7. The number of sulfonamides is 1. The molecule has 0 atom stereocenters. The topological polar surface area (TPSA) is 66.5 Å². The van der Waals surface area contributed by atoms with E-state index in [1.165, 1.54) is 48.5 Å². The van der Waals surface area contributed by atoms with Crippen LogP contribution in [0.5, 0.6) is 0 Å². The minimum absolute atomic E-state index is 0.0329. The van der Waals surface area contributed by atoms with Crippen LogP contribution in [0.1, 0.15) is 11.1 Å². The zero-order valence-electron chi connectivity index (χ0n) is 16.8. The van der Waals surface area contributed by atoms with Gasteiger partial charge in [-0.2, -0.15) is 4.31 Å². The molecule has 5 nitrogen and oxygen atoms in total. The summed E-state index contributed by atoms with van der Waals surface area (Å²) in [7, 11) is -4.04. The van der Waals surface area contributed by atoms with Gasteiger partial charge in [0.1, 0.15) is 5.82 Å². The molecule has 0 aliphatic rings. The molecule has 0 aliphatic heterocycles. The standard InChI is InChI=1S/C22H18Cl3FN2O3S/c1-14-2-8-17(9-3-14)32(30,31)28(12-15-4-6-16(26)7-5-15)13-22(29)27-21-11-19(24)18(23)10-20(21)25/h2-11H,12-13H2,1H3,(H,27,29). The Balaban J connectivity index is 1.89. The molecule has 3 aromatic rings. The molecule has 0 radical (unpaired) electrons. The van der Waals surface area contributed by atoms with Gasteiger partial charge in [0.2, 0.25) is 15.9 Å². The lowest BCUT2D eigenvalue weighted by Crippen LogP contribution is -2.37. The molecule has 1 N–H and O–H groups in total. The molecule has 0 saturated heterocycles. The van der Waals surface area contributed by atoms with Gasteiger partial charge < -0.3 is 5.32 Å². The quantitative estimate of drug-likeness (QED) is 0.397. The van der Waals surface area contributed by atoms with E-state index in [0.717, 1.165) is 9.87 Å². The van der Waals surface area contributed by atoms with E-state index in [9.17, 15) is 17.6 Å². The minimum Gasteiger partial charge on any atom is -0.324 e. The fourth-order valence-corrected chi connectivity index (χ4v) is 4.83. The number of hydrogen-bond donors (Lipinski definition) is 1. The largest absolute Gasteiger partial charge is 0.324 e. The van der Waals surface area contributed by atoms with Gasteiger partial charge in [0.15, 0.2) is 0 Å². The van der Waals surface area contributed by atoms with E-state index in [1.807, 2.05) is 6.92 Å². The first-order valence-electron chi connectivity index (χ1n) is 9.32. The first kappa shape index (κ1) is 24.5. The Hall–Kier alpha value is -2.16. The molecule has 0 aliphatic carbocycles. The highest BCUT2D eigenvalue weighted by Gasteiger charge is 2.27. The fourth-order valence-electron chi connectivity index (χ4n) is 2.85. The summed E-state index contributed by atoms with van der Waals surface area (Å²) in [6, 6.07) is 14.4. The predicted octanol–water partition coefficient (Wildman–Crippen LogP) is 5.92. The third kappa shape index (κ3) is 5.99. The van der Waals surface area contributed by atoms with Gasteiger partial charge in [-0.05, 0) is 48.9 Å². The Kier molecular flexibility index (Phi) is 7.79. The van der Waals surface area contributed by atoms with Crippen LogP contribution in [-0.2, 0) is 21.4 Å². The van der Waals surface area contributed by atoms with E-state index >= 15 is 0 Å². The van der Waals surface area contributed by atoms with E-state index in [2.05, 4.69) is 5.32 Å². The van der Waals surface area contributed by atoms with E-state index in [1.54, 1.807) is 12.1 Å². The maximum Gasteiger partial charge on any atom is 0.243 e. The van der Waals surface area contributed by atoms with Crippen LogP contribution >= 0.6 is 34.8 Å². The number of carbonyl (C=O) groups is 1. The Bertz CT molecular complexity index is 1230. The summed E-state index contributed by atoms with van der Waals surface area (Å²) in [6.45, 7) is 1.18. The van der Waals surface area contributed by atoms with Gasteiger partial charge in [0, 0.05) is 6.54 Å². The van der Waals surface area contributed by atoms with E-state index < -0.39 is 28.3 Å². The van der Waals surface area contributed by atoms with Crippen LogP contribution in [0.3, 0.4) is 0 Å². The minimum atomic E-state index is -4.04. The van der Waals surface area contributed by atoms with Gasteiger partial charge in [0.25, 0.3) is 0 Å². The summed E-state index contributed by atoms with van der Waals surface area (Å²) in [5, 5.41) is 3.11. The molecule has 0 aromatic heterocycles. The van der Waals surface area contributed by atoms with E-state index in [4.69, 9.17) is 34.8 Å². The number of anilines is 1. The molecule has 3 rings (SSSR count). The Morgan fingerprint density at radius 1 is 0.938 bits per heavy atom. The Morgan fingerprint density at radius 2 is 1.53 bits per heavy atom. The summed E-state index contributed by atoms with van der Waals surface area (Å²) in [6.07, 6.45) is 0. The second-order valence-corrected chi connectivity index (χ2v) is 10.2. The molecule has 32 heavy (non-hydrogen) atoms. The average Bonchev–Trinajstić information content (AvgIpc) is 2.73. The molecule has 0 spiro atoms. The molecule has 0 saturated carbocycles. The van der Waals surface area contributed by atoms with Crippen LogP contribution in [0.4, 0.5) is 10.1 Å². The molecule has 0 heterocycles. The summed E-state index contributed by atoms with van der Waals surface area (Å²) in [5.41, 5.74) is 1.60. The van der Waals surface area contributed by atoms with Crippen molar-refractivity contribution < 1.29 is 17.6 Å². The lowest BCUT2D eigenvalue weighted by Gasteiger charge is -2.22. The maximum atomic E-state index is 13.3. The number of hydrogen-bond acceptors (Lipinski definition) is 3. The zero-order valence-corrected chi connectivity index (χ0v) is 19.9. The van der Waals surface area contributed by atoms with Crippen molar-refractivity contribution >= 4 is 56.4 Å². The first-order chi connectivity index (χ1) is 15.1. The van der Waals surface area contributed by atoms with Gasteiger partial charge in [-0.15, -0.1) is 0 Å². The van der Waals surface area contributed by atoms with Crippen molar-refractivity contribution in [2.45, 2.75) is 18.4 Å². The highest BCUT2D eigenvalue weighted by molar-refractivity contribution is 7.89. The van der Waals surface area contributed by atoms with Gasteiger partial charge in [0.05, 0.1) is 32.2 Å². The van der Waals surface area contributed by atoms with E-state index in [0.29, 0.717) is 5.56 Å². The predicted molar refractivity (Wildman–Crippen MR) is 125 cm³/mol. The fraction of sp³-hybridized carbons (Fsp3) is 0.136. The molecule has 168 valence electrons. The number of benzene rings is 3. The number of carbonyl (C=O) groups excluding carboxylic acids is 1. The smallest absolute Gasteiger partial charge is 0.243 e. The highest BCUT2D eigenvalue weighted by atomic mass is 35.5. The van der Waals surface area contributed by atoms with Crippen LogP contribution in [0, 0.1) is 12.7 Å². The SMILES string of the molecule is Cc1ccc(S(=O)(=O)N(CC(=O)Nc2cc(Cl)c(Cl)cc2Cl)Cc2ccc(F)cc2)cc1. The molecular weight excluding hydrogens is 498 g/mol. The normalized spacial score (nSPS) is 11.6. The summed E-state index contributed by atoms with van der Waals surface area (Å²) in [5.74, 6) is -1.09. The number of aryl methyl sites for hydroxylation is 1. The van der Waals surface area contributed by atoms with Crippen molar-refractivity contribution in [3.05, 3.63) is 92.7 Å². The maximum absolute atomic E-state index is 13.3. The summed E-state index contributed by atoms with van der Waals surface area (Å²) < 4.78 is 40.8. The molecule has 0 unspecified atom stereocenters. The summed E-state index contributed by atoms with van der Waals surface area (Å²) in [4.78, 5) is 12.8. The van der Waals surface area contributed by atoms with Crippen LogP contribution in [0.25, 0.3) is 0 Å². The number of nitrogens with one attached hydrogen (secondary N) is 1. The molecule has 0 bridgehead atoms. The second kappa shape index (κ2) is 10.2. The van der Waals surface area contributed by atoms with Gasteiger partial charge in [-0.25, -0.2) is 12.8 Å². The van der Waals surface area contributed by atoms with Crippen molar-refractivity contribution in [2.75, 3.05) is 11.9 Å². The number of amides is 1. The van der Waals surface area contributed by atoms with Gasteiger partial charge in [-0.1, -0.05) is 64.6 Å². The molecule has 1 amide bonds. The third-order valence-corrected chi connectivity index (χ3v) is 7.38. The molecular formula is C22H18Cl3FN2O3S. The van der Waals surface area contributed by atoms with Crippen molar-refractivity contribution in [1.29, 1.82) is 0 Å². The Morgan fingerprint density at radius 3 is 2.16 bits per heavy atom. The van der Waals surface area contributed by atoms with Crippen molar-refractivity contribution in [3.8, 4) is 0 Å². The van der Waals surface area contributed by atoms with Crippen LogP contribution in [0.2, 0.25) is 15.1 Å². The average molecular weight is 516 g/mol. The zero-order chi connectivity index (χ0) is 23.5. The van der Waals surface area contributed by atoms with Crippen LogP contribution < -0.4 is 5.32 Å². The highest BCUT2D eigenvalue weighted by Crippen LogP contribution is 2.32. The van der Waals surface area contributed by atoms with Gasteiger partial charge >= 0.3 is 0 Å².